The second kappa shape index (κ2) is 18.7. The highest BCUT2D eigenvalue weighted by atomic mass is 16.2. The van der Waals surface area contributed by atoms with Crippen molar-refractivity contribution in [3.8, 4) is 11.3 Å². The number of aromatic nitrogens is 7. The molecule has 6 aliphatic rings. The number of nitrogens with zero attached hydrogens (tertiary/aromatic N) is 13. The van der Waals surface area contributed by atoms with E-state index in [1.165, 1.54) is 0 Å². The van der Waals surface area contributed by atoms with Gasteiger partial charge in [-0.05, 0) is 98.0 Å². The van der Waals surface area contributed by atoms with Gasteiger partial charge in [-0.2, -0.15) is 5.10 Å². The molecule has 21 heteroatoms. The molecule has 0 saturated carbocycles. The molecule has 5 aromatic rings. The molecule has 364 valence electrons. The molecule has 2 aromatic carbocycles. The molecule has 0 aliphatic carbocycles. The fraction of sp³-hybridized carbons (Fsp3) is 0.469. The Hall–Kier alpha value is -7.10. The lowest BCUT2D eigenvalue weighted by molar-refractivity contribution is -0.136. The largest absolute Gasteiger partial charge is 0.371 e. The zero-order valence-corrected chi connectivity index (χ0v) is 39.8. The number of nitrogens with one attached hydrogen (secondary N) is 3. The summed E-state index contributed by atoms with van der Waals surface area (Å²) in [6.07, 6.45) is 4.21. The molecule has 9 heterocycles. The first-order valence-corrected chi connectivity index (χ1v) is 24.5. The lowest BCUT2D eigenvalue weighted by atomic mass is 9.95. The molecule has 1 unspecified atom stereocenters. The van der Waals surface area contributed by atoms with Crippen LogP contribution in [0.4, 0.5) is 23.1 Å². The van der Waals surface area contributed by atoms with E-state index in [0.717, 1.165) is 142 Å². The number of H-pyrrole nitrogens is 1. The molecule has 21 nitrogen and oxygen atoms in total. The molecule has 11 rings (SSSR count). The Bertz CT molecular complexity index is 2910. The Labute approximate surface area is 404 Å². The van der Waals surface area contributed by atoms with Crippen LogP contribution < -0.4 is 25.3 Å². The molecule has 2 atom stereocenters. The lowest BCUT2D eigenvalue weighted by Gasteiger charge is -2.40. The summed E-state index contributed by atoms with van der Waals surface area (Å²) in [5.74, 6) is -0.00631. The Balaban J connectivity index is 0.619. The minimum atomic E-state index is -0.963. The minimum absolute atomic E-state index is 0.0998. The highest BCUT2D eigenvalue weighted by Crippen LogP contribution is 2.36. The van der Waals surface area contributed by atoms with Gasteiger partial charge in [0.05, 0.1) is 28.3 Å². The van der Waals surface area contributed by atoms with E-state index in [2.05, 4.69) is 61.8 Å². The van der Waals surface area contributed by atoms with Crippen LogP contribution in [0.2, 0.25) is 0 Å². The number of fused-ring (bicyclic) bond motifs is 3. The Morgan fingerprint density at radius 2 is 1.53 bits per heavy atom. The predicted molar refractivity (Wildman–Crippen MR) is 261 cm³/mol. The van der Waals surface area contributed by atoms with Crippen molar-refractivity contribution >= 4 is 63.6 Å². The number of carbonyl (C=O) groups is 5. The number of hydrogen-bond donors (Lipinski definition) is 3. The summed E-state index contributed by atoms with van der Waals surface area (Å²) in [4.78, 5) is 84.5. The van der Waals surface area contributed by atoms with Gasteiger partial charge in [-0.15, -0.1) is 0 Å². The summed E-state index contributed by atoms with van der Waals surface area (Å²) in [6.45, 7) is 16.8. The number of benzene rings is 2. The van der Waals surface area contributed by atoms with Crippen LogP contribution in [0.5, 0.6) is 0 Å². The van der Waals surface area contributed by atoms with E-state index in [9.17, 15) is 24.0 Å². The van der Waals surface area contributed by atoms with Gasteiger partial charge in [-0.25, -0.2) is 9.67 Å². The van der Waals surface area contributed by atoms with E-state index in [1.54, 1.807) is 16.8 Å². The third-order valence-corrected chi connectivity index (χ3v) is 15.4. The van der Waals surface area contributed by atoms with Crippen LogP contribution >= 0.6 is 0 Å². The Morgan fingerprint density at radius 1 is 0.800 bits per heavy atom. The first-order chi connectivity index (χ1) is 34.0. The molecule has 4 saturated heterocycles. The number of anilines is 4. The van der Waals surface area contributed by atoms with Crippen LogP contribution in [0, 0.1) is 5.92 Å². The van der Waals surface area contributed by atoms with Gasteiger partial charge in [-0.3, -0.25) is 49.1 Å². The SMILES string of the molecule is CC1=C(C(=O)Nc2ccc3[nH]nc(-c4ccnc(N5CCN(CCN6CCN(CC7CCN(c8ccc9c(c8)C(=O)N(C8CCC(=O)NC8=O)C9=O)CC7)CC6)CC5)c4)c3c2)[C@@H](C)n2nnnc2N1C. The van der Waals surface area contributed by atoms with Crippen LogP contribution in [-0.4, -0.2) is 183 Å². The number of pyridine rings is 1. The van der Waals surface area contributed by atoms with Crippen molar-refractivity contribution < 1.29 is 24.0 Å². The average molecular weight is 951 g/mol. The van der Waals surface area contributed by atoms with Crippen LogP contribution in [0.3, 0.4) is 0 Å². The number of tetrazole rings is 1. The van der Waals surface area contributed by atoms with Gasteiger partial charge in [0.2, 0.25) is 17.8 Å². The van der Waals surface area contributed by atoms with Gasteiger partial charge in [0.15, 0.2) is 0 Å². The zero-order chi connectivity index (χ0) is 48.2. The number of hydrogen-bond acceptors (Lipinski definition) is 16. The van der Waals surface area contributed by atoms with E-state index in [1.807, 2.05) is 62.3 Å². The molecular weight excluding hydrogens is 893 g/mol. The first-order valence-electron chi connectivity index (χ1n) is 24.5. The summed E-state index contributed by atoms with van der Waals surface area (Å²) in [7, 11) is 1.85. The van der Waals surface area contributed by atoms with Gasteiger partial charge >= 0.3 is 0 Å². The van der Waals surface area contributed by atoms with Crippen molar-refractivity contribution in [1.82, 2.24) is 60.3 Å². The van der Waals surface area contributed by atoms with E-state index in [-0.39, 0.29) is 30.7 Å². The molecule has 3 N–H and O–H groups in total. The average Bonchev–Trinajstić information content (AvgIpc) is 4.10. The number of carbonyl (C=O) groups excluding carboxylic acids is 5. The third-order valence-electron chi connectivity index (χ3n) is 15.4. The monoisotopic (exact) mass is 950 g/mol. The molecular formula is C49H58N16O5. The number of piperidine rings is 2. The topological polar surface area (TPSA) is 217 Å². The van der Waals surface area contributed by atoms with Crippen molar-refractivity contribution in [2.24, 2.45) is 5.92 Å². The molecule has 0 spiro atoms. The van der Waals surface area contributed by atoms with Crippen LogP contribution in [0.25, 0.3) is 22.2 Å². The lowest BCUT2D eigenvalue weighted by Crippen LogP contribution is -2.54. The van der Waals surface area contributed by atoms with Gasteiger partial charge in [-0.1, -0.05) is 5.10 Å². The van der Waals surface area contributed by atoms with E-state index in [4.69, 9.17) is 10.1 Å². The van der Waals surface area contributed by atoms with Crippen molar-refractivity contribution in [2.75, 3.05) is 112 Å². The second-order valence-electron chi connectivity index (χ2n) is 19.4. The molecule has 0 radical (unpaired) electrons. The fourth-order valence-corrected chi connectivity index (χ4v) is 11.1. The third kappa shape index (κ3) is 8.55. The van der Waals surface area contributed by atoms with Crippen molar-refractivity contribution in [2.45, 2.75) is 51.6 Å². The van der Waals surface area contributed by atoms with Crippen molar-refractivity contribution in [3.05, 3.63) is 77.1 Å². The number of aromatic amines is 1. The molecule has 4 fully saturated rings. The predicted octanol–water partition coefficient (Wildman–Crippen LogP) is 2.59. The summed E-state index contributed by atoms with van der Waals surface area (Å²) in [5, 5.41) is 26.1. The molecule has 0 bridgehead atoms. The Kier molecular flexibility index (Phi) is 12.1. The van der Waals surface area contributed by atoms with Gasteiger partial charge < -0.3 is 24.9 Å². The Morgan fingerprint density at radius 3 is 2.29 bits per heavy atom. The highest BCUT2D eigenvalue weighted by molar-refractivity contribution is 6.23. The van der Waals surface area contributed by atoms with Gasteiger partial charge in [0, 0.05) is 133 Å². The van der Waals surface area contributed by atoms with Crippen LogP contribution in [-0.2, 0) is 14.4 Å². The van der Waals surface area contributed by atoms with Gasteiger partial charge in [0.25, 0.3) is 17.7 Å². The highest BCUT2D eigenvalue weighted by Gasteiger charge is 2.45. The van der Waals surface area contributed by atoms with E-state index >= 15 is 0 Å². The standard InChI is InChI=1S/C49H58N16O5/c1-30-43(31(2)65-49(58(30)3)55-56-57-65)46(68)51-34-4-7-39-38(27-34)44(54-53-39)33-10-13-50-41(26-33)63-24-22-60(23-25-63)17-16-59-18-20-61(21-19-59)29-32-11-14-62(15-12-32)35-5-6-36-37(28-35)48(70)64(47(36)69)40-8-9-42(66)52-45(40)67/h4-7,10,13,26-28,31-32,40H,8-9,11-12,14-25,29H2,1-3H3,(H,51,68)(H,53,54)(H,52,66,67)/t31-,40?/m1/s1. The second-order valence-corrected chi connectivity index (χ2v) is 19.4. The first kappa shape index (κ1) is 45.3. The van der Waals surface area contributed by atoms with Crippen molar-refractivity contribution in [3.63, 3.8) is 0 Å². The minimum Gasteiger partial charge on any atom is -0.371 e. The fourth-order valence-electron chi connectivity index (χ4n) is 11.1. The molecule has 6 aliphatic heterocycles. The molecule has 70 heavy (non-hydrogen) atoms. The number of allylic oxidation sites excluding steroid dienone is 1. The quantitative estimate of drug-likeness (QED) is 0.162. The summed E-state index contributed by atoms with van der Waals surface area (Å²) >= 11 is 0. The summed E-state index contributed by atoms with van der Waals surface area (Å²) in [5.41, 5.74) is 6.24. The summed E-state index contributed by atoms with van der Waals surface area (Å²) < 4.78 is 1.65. The maximum absolute atomic E-state index is 13.7. The maximum Gasteiger partial charge on any atom is 0.262 e. The number of rotatable bonds is 11. The van der Waals surface area contributed by atoms with Crippen LogP contribution in [0.15, 0.2) is 66.0 Å². The van der Waals surface area contributed by atoms with Crippen molar-refractivity contribution in [1.29, 1.82) is 0 Å². The van der Waals surface area contributed by atoms with Crippen LogP contribution in [0.1, 0.15) is 66.3 Å². The number of imide groups is 2. The zero-order valence-electron chi connectivity index (χ0n) is 39.8. The maximum atomic E-state index is 13.7. The number of amides is 5. The summed E-state index contributed by atoms with van der Waals surface area (Å²) in [6, 6.07) is 14.0. The normalized spacial score (nSPS) is 22.0. The van der Waals surface area contributed by atoms with E-state index in [0.29, 0.717) is 34.3 Å². The molecule has 3 aromatic heterocycles. The van der Waals surface area contributed by atoms with E-state index < -0.39 is 23.8 Å². The number of piperazine rings is 2. The molecule has 5 amide bonds. The smallest absolute Gasteiger partial charge is 0.262 e. The van der Waals surface area contributed by atoms with Gasteiger partial charge in [0.1, 0.15) is 17.6 Å².